The number of amides is 1. The van der Waals surface area contributed by atoms with Crippen molar-refractivity contribution in [1.82, 2.24) is 9.55 Å². The van der Waals surface area contributed by atoms with E-state index in [1.54, 1.807) is 19.2 Å². The fourth-order valence-corrected chi connectivity index (χ4v) is 4.23. The van der Waals surface area contributed by atoms with Crippen molar-refractivity contribution in [3.05, 3.63) is 58.3 Å². The molecule has 4 rings (SSSR count). The zero-order valence-corrected chi connectivity index (χ0v) is 18.5. The Balaban J connectivity index is 1.47. The van der Waals surface area contributed by atoms with Crippen molar-refractivity contribution in [2.75, 3.05) is 24.3 Å². The van der Waals surface area contributed by atoms with Crippen LogP contribution in [-0.4, -0.2) is 39.3 Å². The highest BCUT2D eigenvalue weighted by Crippen LogP contribution is 2.35. The summed E-state index contributed by atoms with van der Waals surface area (Å²) in [6, 6.07) is 10.2. The van der Waals surface area contributed by atoms with Crippen LogP contribution in [0.2, 0.25) is 0 Å². The van der Waals surface area contributed by atoms with Crippen LogP contribution in [0.4, 0.5) is 11.4 Å². The van der Waals surface area contributed by atoms with E-state index < -0.39 is 4.92 Å². The minimum absolute atomic E-state index is 0.0656. The molecule has 1 N–H and O–H groups in total. The minimum Gasteiger partial charge on any atom is -0.486 e. The van der Waals surface area contributed by atoms with Crippen LogP contribution in [0.1, 0.15) is 12.5 Å². The Morgan fingerprint density at radius 2 is 2.00 bits per heavy atom. The molecule has 32 heavy (non-hydrogen) atoms. The summed E-state index contributed by atoms with van der Waals surface area (Å²) in [6.07, 6.45) is 1.78. The Labute approximate surface area is 188 Å². The number of nitro benzene ring substituents is 1. The van der Waals surface area contributed by atoms with Gasteiger partial charge in [-0.25, -0.2) is 4.98 Å². The van der Waals surface area contributed by atoms with E-state index in [4.69, 9.17) is 9.47 Å². The fourth-order valence-electron chi connectivity index (χ4n) is 3.39. The van der Waals surface area contributed by atoms with Gasteiger partial charge in [-0.1, -0.05) is 17.8 Å². The summed E-state index contributed by atoms with van der Waals surface area (Å²) in [6.45, 7) is 5.54. The maximum absolute atomic E-state index is 12.5. The Morgan fingerprint density at radius 1 is 1.22 bits per heavy atom. The number of non-ortho nitro benzene ring substituents is 1. The van der Waals surface area contributed by atoms with Crippen molar-refractivity contribution in [2.45, 2.75) is 25.5 Å². The lowest BCUT2D eigenvalue weighted by Gasteiger charge is -2.19. The summed E-state index contributed by atoms with van der Waals surface area (Å²) in [7, 11) is 0. The Morgan fingerprint density at radius 3 is 2.75 bits per heavy atom. The Kier molecular flexibility index (Phi) is 6.31. The van der Waals surface area contributed by atoms with Gasteiger partial charge in [-0.2, -0.15) is 0 Å². The maximum atomic E-state index is 12.5. The van der Waals surface area contributed by atoms with Gasteiger partial charge in [-0.3, -0.25) is 14.9 Å². The first kappa shape index (κ1) is 21.7. The van der Waals surface area contributed by atoms with Crippen LogP contribution in [0.5, 0.6) is 11.5 Å². The highest BCUT2D eigenvalue weighted by atomic mass is 32.2. The van der Waals surface area contributed by atoms with E-state index >= 15 is 0 Å². The van der Waals surface area contributed by atoms with Crippen LogP contribution >= 0.6 is 11.8 Å². The molecular formula is C22H22N4O5S. The van der Waals surface area contributed by atoms with E-state index in [1.165, 1.54) is 23.9 Å². The Bertz CT molecular complexity index is 1180. The van der Waals surface area contributed by atoms with Gasteiger partial charge in [0.05, 0.1) is 28.3 Å². The van der Waals surface area contributed by atoms with Crippen LogP contribution in [0.3, 0.4) is 0 Å². The maximum Gasteiger partial charge on any atom is 0.271 e. The number of anilines is 1. The second-order valence-corrected chi connectivity index (χ2v) is 8.06. The molecule has 1 aromatic heterocycles. The van der Waals surface area contributed by atoms with Crippen LogP contribution in [-0.2, 0) is 11.3 Å². The standard InChI is InChI=1S/C22H22N4O5S/c1-3-25-18(15-5-7-19-20(10-15)31-9-8-30-19)12-23-22(25)32-13-21(27)24-17-11-16(26(28)29)6-4-14(17)2/h4-7,10-12H,3,8-9,13H2,1-2H3,(H,24,27). The molecule has 9 nitrogen and oxygen atoms in total. The molecule has 0 aliphatic carbocycles. The smallest absolute Gasteiger partial charge is 0.271 e. The molecule has 10 heteroatoms. The van der Waals surface area contributed by atoms with Crippen molar-refractivity contribution >= 4 is 29.0 Å². The molecule has 0 radical (unpaired) electrons. The number of fused-ring (bicyclic) bond motifs is 1. The monoisotopic (exact) mass is 454 g/mol. The quantitative estimate of drug-likeness (QED) is 0.322. The fraction of sp³-hybridized carbons (Fsp3) is 0.273. The average Bonchev–Trinajstić information content (AvgIpc) is 3.21. The first-order valence-electron chi connectivity index (χ1n) is 10.1. The molecular weight excluding hydrogens is 432 g/mol. The van der Waals surface area contributed by atoms with Gasteiger partial charge >= 0.3 is 0 Å². The molecule has 0 saturated heterocycles. The first-order valence-corrected chi connectivity index (χ1v) is 11.1. The third-order valence-corrected chi connectivity index (χ3v) is 6.00. The summed E-state index contributed by atoms with van der Waals surface area (Å²) in [5.41, 5.74) is 2.99. The summed E-state index contributed by atoms with van der Waals surface area (Å²) >= 11 is 1.31. The highest BCUT2D eigenvalue weighted by molar-refractivity contribution is 7.99. The minimum atomic E-state index is -0.485. The lowest BCUT2D eigenvalue weighted by Crippen LogP contribution is -2.15. The number of nitrogens with zero attached hydrogens (tertiary/aromatic N) is 3. The molecule has 0 spiro atoms. The number of nitrogens with one attached hydrogen (secondary N) is 1. The lowest BCUT2D eigenvalue weighted by molar-refractivity contribution is -0.384. The molecule has 0 bridgehead atoms. The number of carbonyl (C=O) groups excluding carboxylic acids is 1. The highest BCUT2D eigenvalue weighted by Gasteiger charge is 2.17. The zero-order valence-electron chi connectivity index (χ0n) is 17.7. The van der Waals surface area contributed by atoms with Gasteiger partial charge in [0.25, 0.3) is 5.69 Å². The summed E-state index contributed by atoms with van der Waals surface area (Å²) in [5, 5.41) is 14.5. The molecule has 0 fully saturated rings. The Hall–Kier alpha value is -3.53. The predicted octanol–water partition coefficient (Wildman–Crippen LogP) is 4.29. The molecule has 0 unspecified atom stereocenters. The molecule has 2 aromatic carbocycles. The normalized spacial score (nSPS) is 12.4. The van der Waals surface area contributed by atoms with Gasteiger partial charge < -0.3 is 19.4 Å². The molecule has 166 valence electrons. The van der Waals surface area contributed by atoms with Crippen LogP contribution < -0.4 is 14.8 Å². The van der Waals surface area contributed by atoms with Crippen LogP contribution in [0.15, 0.2) is 47.8 Å². The van der Waals surface area contributed by atoms with E-state index in [9.17, 15) is 14.9 Å². The van der Waals surface area contributed by atoms with Crippen molar-refractivity contribution in [1.29, 1.82) is 0 Å². The second-order valence-electron chi connectivity index (χ2n) is 7.12. The molecule has 3 aromatic rings. The molecule has 1 aliphatic rings. The van der Waals surface area contributed by atoms with Crippen LogP contribution in [0.25, 0.3) is 11.3 Å². The van der Waals surface area contributed by atoms with Crippen molar-refractivity contribution in [2.24, 2.45) is 0 Å². The van der Waals surface area contributed by atoms with E-state index in [2.05, 4.69) is 10.3 Å². The van der Waals surface area contributed by atoms with Crippen LogP contribution in [0, 0.1) is 17.0 Å². The molecule has 1 amide bonds. The number of ether oxygens (including phenoxy) is 2. The number of imidazole rings is 1. The topological polar surface area (TPSA) is 109 Å². The average molecular weight is 455 g/mol. The molecule has 1 aliphatic heterocycles. The summed E-state index contributed by atoms with van der Waals surface area (Å²) in [5.74, 6) is 1.30. The number of aromatic nitrogens is 2. The number of rotatable bonds is 7. The van der Waals surface area contributed by atoms with Gasteiger partial charge in [-0.15, -0.1) is 0 Å². The number of carbonyl (C=O) groups is 1. The number of nitro groups is 1. The van der Waals surface area contributed by atoms with E-state index in [0.717, 1.165) is 22.6 Å². The van der Waals surface area contributed by atoms with Crippen molar-refractivity contribution < 1.29 is 19.2 Å². The van der Waals surface area contributed by atoms with E-state index in [0.29, 0.717) is 36.4 Å². The van der Waals surface area contributed by atoms with E-state index in [1.807, 2.05) is 29.7 Å². The summed E-state index contributed by atoms with van der Waals surface area (Å²) < 4.78 is 13.3. The number of thioether (sulfide) groups is 1. The van der Waals surface area contributed by atoms with Gasteiger partial charge in [0, 0.05) is 24.2 Å². The molecule has 0 saturated carbocycles. The number of benzene rings is 2. The van der Waals surface area contributed by atoms with Crippen molar-refractivity contribution in [3.63, 3.8) is 0 Å². The number of aryl methyl sites for hydroxylation is 1. The van der Waals surface area contributed by atoms with Gasteiger partial charge in [-0.05, 0) is 37.6 Å². The molecule has 2 heterocycles. The largest absolute Gasteiger partial charge is 0.486 e. The number of hydrogen-bond acceptors (Lipinski definition) is 7. The SMILES string of the molecule is CCn1c(-c2ccc3c(c2)OCCO3)cnc1SCC(=O)Nc1cc([N+](=O)[O-])ccc1C. The second kappa shape index (κ2) is 9.31. The first-order chi connectivity index (χ1) is 15.5. The van der Waals surface area contributed by atoms with Gasteiger partial charge in [0.2, 0.25) is 5.91 Å². The molecule has 0 atom stereocenters. The van der Waals surface area contributed by atoms with Gasteiger partial charge in [0.15, 0.2) is 16.7 Å². The van der Waals surface area contributed by atoms with Gasteiger partial charge in [0.1, 0.15) is 13.2 Å². The third kappa shape index (κ3) is 4.54. The zero-order chi connectivity index (χ0) is 22.7. The third-order valence-electron chi connectivity index (χ3n) is 5.01. The summed E-state index contributed by atoms with van der Waals surface area (Å²) in [4.78, 5) is 27.5. The van der Waals surface area contributed by atoms with Crippen molar-refractivity contribution in [3.8, 4) is 22.8 Å². The number of hydrogen-bond donors (Lipinski definition) is 1. The van der Waals surface area contributed by atoms with E-state index in [-0.39, 0.29) is 17.3 Å². The lowest BCUT2D eigenvalue weighted by atomic mass is 10.1. The predicted molar refractivity (Wildman–Crippen MR) is 122 cm³/mol.